The predicted molar refractivity (Wildman–Crippen MR) is 65.2 cm³/mol. The van der Waals surface area contributed by atoms with Crippen LogP contribution in [-0.2, 0) is 11.0 Å². The second kappa shape index (κ2) is 6.74. The molecule has 0 aromatic heterocycles. The topological polar surface area (TPSA) is 81.4 Å². The Morgan fingerprint density at radius 2 is 1.90 bits per heavy atom. The lowest BCUT2D eigenvalue weighted by Gasteiger charge is -2.21. The van der Waals surface area contributed by atoms with Gasteiger partial charge in [-0.15, -0.1) is 0 Å². The van der Waals surface area contributed by atoms with E-state index in [2.05, 4.69) is 0 Å². The van der Waals surface area contributed by atoms with Gasteiger partial charge in [-0.25, -0.2) is 0 Å². The van der Waals surface area contributed by atoms with Gasteiger partial charge >= 0.3 is 12.1 Å². The van der Waals surface area contributed by atoms with Gasteiger partial charge in [-0.1, -0.05) is 12.1 Å². The monoisotopic (exact) mass is 300 g/mol. The van der Waals surface area contributed by atoms with E-state index in [1.54, 1.807) is 6.07 Å². The molecule has 0 radical (unpaired) electrons. The average molecular weight is 300 g/mol. The first-order valence-electron chi connectivity index (χ1n) is 5.81. The summed E-state index contributed by atoms with van der Waals surface area (Å²) in [6.07, 6.45) is -4.90. The number of benzene rings is 1. The van der Waals surface area contributed by atoms with Crippen LogP contribution >= 0.6 is 0 Å². The molecule has 112 valence electrons. The number of carboxylic acids is 1. The number of rotatable bonds is 5. The predicted octanol–water partition coefficient (Wildman–Crippen LogP) is 2.15. The summed E-state index contributed by atoms with van der Waals surface area (Å²) in [7, 11) is 0. The van der Waals surface area contributed by atoms with Gasteiger partial charge in [0.2, 0.25) is 0 Å². The Hall–Kier alpha value is -2.56. The van der Waals surface area contributed by atoms with E-state index in [9.17, 15) is 22.8 Å². The van der Waals surface area contributed by atoms with Crippen LogP contribution in [0.25, 0.3) is 0 Å². The van der Waals surface area contributed by atoms with Gasteiger partial charge < -0.3 is 10.0 Å². The molecule has 0 aliphatic rings. The van der Waals surface area contributed by atoms with Crippen LogP contribution in [0.4, 0.5) is 13.2 Å². The van der Waals surface area contributed by atoms with Gasteiger partial charge in [0, 0.05) is 6.54 Å². The lowest BCUT2D eigenvalue weighted by molar-refractivity contribution is -0.138. The number of hydrogen-bond donors (Lipinski definition) is 1. The molecule has 21 heavy (non-hydrogen) atoms. The molecule has 0 atom stereocenters. The minimum Gasteiger partial charge on any atom is -0.480 e. The number of carboxylic acid groups (broad SMARTS) is 1. The first kappa shape index (κ1) is 16.5. The van der Waals surface area contributed by atoms with Crippen LogP contribution in [0.1, 0.15) is 22.3 Å². The molecule has 8 heteroatoms. The minimum absolute atomic E-state index is 0.173. The molecule has 0 spiro atoms. The van der Waals surface area contributed by atoms with Crippen molar-refractivity contribution in [3.8, 4) is 6.07 Å². The molecule has 1 aromatic rings. The quantitative estimate of drug-likeness (QED) is 0.903. The van der Waals surface area contributed by atoms with Crippen molar-refractivity contribution in [3.63, 3.8) is 0 Å². The molecule has 1 amide bonds. The molecule has 0 fully saturated rings. The number of amides is 1. The summed E-state index contributed by atoms with van der Waals surface area (Å²) in [4.78, 5) is 23.5. The minimum atomic E-state index is -4.73. The molecule has 1 aromatic carbocycles. The van der Waals surface area contributed by atoms with Gasteiger partial charge in [-0.2, -0.15) is 18.4 Å². The van der Waals surface area contributed by atoms with E-state index < -0.39 is 35.7 Å². The zero-order valence-electron chi connectivity index (χ0n) is 10.7. The van der Waals surface area contributed by atoms with Crippen molar-refractivity contribution in [3.05, 3.63) is 35.4 Å². The van der Waals surface area contributed by atoms with Crippen molar-refractivity contribution in [2.45, 2.75) is 12.6 Å². The summed E-state index contributed by atoms with van der Waals surface area (Å²) in [5.41, 5.74) is -1.77. The third-order valence-corrected chi connectivity index (χ3v) is 2.57. The van der Waals surface area contributed by atoms with Gasteiger partial charge in [0.15, 0.2) is 0 Å². The second-order valence-electron chi connectivity index (χ2n) is 4.07. The average Bonchev–Trinajstić information content (AvgIpc) is 2.41. The second-order valence-corrected chi connectivity index (χ2v) is 4.07. The first-order valence-corrected chi connectivity index (χ1v) is 5.81. The Morgan fingerprint density at radius 1 is 1.29 bits per heavy atom. The molecule has 0 aliphatic carbocycles. The highest BCUT2D eigenvalue weighted by Crippen LogP contribution is 2.32. The summed E-state index contributed by atoms with van der Waals surface area (Å²) in [5.74, 6) is -2.44. The summed E-state index contributed by atoms with van der Waals surface area (Å²) >= 11 is 0. The molecule has 1 N–H and O–H groups in total. The van der Waals surface area contributed by atoms with Gasteiger partial charge in [0.1, 0.15) is 6.54 Å². The highest BCUT2D eigenvalue weighted by atomic mass is 19.4. The number of nitrogens with zero attached hydrogens (tertiary/aromatic N) is 2. The Kier molecular flexibility index (Phi) is 5.30. The van der Waals surface area contributed by atoms with Crippen LogP contribution in [0.3, 0.4) is 0 Å². The molecule has 1 rings (SSSR count). The summed E-state index contributed by atoms with van der Waals surface area (Å²) in [6.45, 7) is -1.03. The van der Waals surface area contributed by atoms with Crippen LogP contribution in [-0.4, -0.2) is 35.0 Å². The Labute approximate surface area is 118 Å². The largest absolute Gasteiger partial charge is 0.480 e. The zero-order chi connectivity index (χ0) is 16.0. The van der Waals surface area contributed by atoms with Crippen LogP contribution in [0.15, 0.2) is 24.3 Å². The fourth-order valence-electron chi connectivity index (χ4n) is 1.69. The van der Waals surface area contributed by atoms with Crippen molar-refractivity contribution in [2.24, 2.45) is 0 Å². The first-order chi connectivity index (χ1) is 9.77. The third kappa shape index (κ3) is 4.49. The normalized spacial score (nSPS) is 10.8. The van der Waals surface area contributed by atoms with Gasteiger partial charge in [0.25, 0.3) is 5.91 Å². The Bertz CT molecular complexity index is 579. The summed E-state index contributed by atoms with van der Waals surface area (Å²) in [6, 6.07) is 5.83. The lowest BCUT2D eigenvalue weighted by Crippen LogP contribution is -2.37. The molecular formula is C13H11F3N2O3. The number of carbonyl (C=O) groups excluding carboxylic acids is 1. The van der Waals surface area contributed by atoms with Gasteiger partial charge in [-0.05, 0) is 12.1 Å². The smallest absolute Gasteiger partial charge is 0.417 e. The van der Waals surface area contributed by atoms with Crippen molar-refractivity contribution in [1.82, 2.24) is 4.90 Å². The number of aliphatic carboxylic acids is 1. The fourth-order valence-corrected chi connectivity index (χ4v) is 1.69. The maximum absolute atomic E-state index is 12.8. The number of hydrogen-bond acceptors (Lipinski definition) is 3. The number of alkyl halides is 3. The van der Waals surface area contributed by atoms with Crippen molar-refractivity contribution < 1.29 is 27.9 Å². The number of halogens is 3. The van der Waals surface area contributed by atoms with Crippen LogP contribution < -0.4 is 0 Å². The zero-order valence-corrected chi connectivity index (χ0v) is 10.7. The maximum atomic E-state index is 12.8. The van der Waals surface area contributed by atoms with Crippen molar-refractivity contribution >= 4 is 11.9 Å². The standard InChI is InChI=1S/C13H11F3N2O3/c14-13(15,16)10-5-2-1-4-9(10)12(21)18(7-3-6-17)8-11(19)20/h1-2,4-5H,3,7-8H2,(H,19,20). The molecule has 5 nitrogen and oxygen atoms in total. The Balaban J connectivity index is 3.15. The van der Waals surface area contributed by atoms with E-state index in [1.807, 2.05) is 0 Å². The number of nitriles is 1. The highest BCUT2D eigenvalue weighted by molar-refractivity contribution is 5.97. The molecule has 0 bridgehead atoms. The van der Waals surface area contributed by atoms with E-state index in [-0.39, 0.29) is 13.0 Å². The molecule has 0 aliphatic heterocycles. The van der Waals surface area contributed by atoms with Crippen LogP contribution in [0, 0.1) is 11.3 Å². The van der Waals surface area contributed by atoms with E-state index in [1.165, 1.54) is 6.07 Å². The van der Waals surface area contributed by atoms with E-state index in [0.717, 1.165) is 18.2 Å². The third-order valence-electron chi connectivity index (χ3n) is 2.57. The van der Waals surface area contributed by atoms with E-state index >= 15 is 0 Å². The van der Waals surface area contributed by atoms with Crippen molar-refractivity contribution in [2.75, 3.05) is 13.1 Å². The van der Waals surface area contributed by atoms with Crippen LogP contribution in [0.2, 0.25) is 0 Å². The summed E-state index contributed by atoms with van der Waals surface area (Å²) < 4.78 is 38.5. The van der Waals surface area contributed by atoms with Gasteiger partial charge in [0.05, 0.1) is 23.6 Å². The number of carbonyl (C=O) groups is 2. The molecule has 0 saturated heterocycles. The fraction of sp³-hybridized carbons (Fsp3) is 0.308. The van der Waals surface area contributed by atoms with Gasteiger partial charge in [-0.3, -0.25) is 9.59 Å². The SMILES string of the molecule is N#CCCN(CC(=O)O)C(=O)c1ccccc1C(F)(F)F. The molecule has 0 unspecified atom stereocenters. The summed E-state index contributed by atoms with van der Waals surface area (Å²) in [5, 5.41) is 17.2. The molecule has 0 saturated carbocycles. The van der Waals surface area contributed by atoms with E-state index in [4.69, 9.17) is 10.4 Å². The molecule has 0 heterocycles. The highest BCUT2D eigenvalue weighted by Gasteiger charge is 2.36. The lowest BCUT2D eigenvalue weighted by atomic mass is 10.1. The van der Waals surface area contributed by atoms with Crippen molar-refractivity contribution in [1.29, 1.82) is 5.26 Å². The van der Waals surface area contributed by atoms with Crippen LogP contribution in [0.5, 0.6) is 0 Å². The Morgan fingerprint density at radius 3 is 2.43 bits per heavy atom. The van der Waals surface area contributed by atoms with E-state index in [0.29, 0.717) is 4.90 Å². The maximum Gasteiger partial charge on any atom is 0.417 e. The molecular weight excluding hydrogens is 289 g/mol.